The van der Waals surface area contributed by atoms with E-state index in [1.54, 1.807) is 0 Å². The summed E-state index contributed by atoms with van der Waals surface area (Å²) >= 11 is 0. The maximum absolute atomic E-state index is 10.3. The van der Waals surface area contributed by atoms with Crippen LogP contribution in [0.25, 0.3) is 0 Å². The van der Waals surface area contributed by atoms with E-state index in [9.17, 15) is 5.11 Å². The average Bonchev–Trinajstić information content (AvgIpc) is 3.16. The first kappa shape index (κ1) is 15.2. The van der Waals surface area contributed by atoms with Crippen LogP contribution in [0.4, 0.5) is 0 Å². The highest BCUT2D eigenvalue weighted by Crippen LogP contribution is 2.65. The van der Waals surface area contributed by atoms with Crippen molar-refractivity contribution in [3.63, 3.8) is 0 Å². The number of hydrogen-bond donors (Lipinski definition) is 1. The third-order valence-corrected chi connectivity index (χ3v) is 9.29. The Kier molecular flexibility index (Phi) is 3.29. The van der Waals surface area contributed by atoms with Gasteiger partial charge in [0, 0.05) is 0 Å². The van der Waals surface area contributed by atoms with Gasteiger partial charge >= 0.3 is 0 Å². The smallest absolute Gasteiger partial charge is 0.0919 e. The molecular formula is C21H34O2. The van der Waals surface area contributed by atoms with Crippen molar-refractivity contribution in [3.05, 3.63) is 0 Å². The Labute approximate surface area is 141 Å². The van der Waals surface area contributed by atoms with Gasteiger partial charge in [0.1, 0.15) is 0 Å². The van der Waals surface area contributed by atoms with Crippen molar-refractivity contribution in [2.24, 2.45) is 40.9 Å². The van der Waals surface area contributed by atoms with Gasteiger partial charge in [0.05, 0.1) is 18.3 Å². The minimum absolute atomic E-state index is 0.112. The molecule has 5 rings (SSSR count). The summed E-state index contributed by atoms with van der Waals surface area (Å²) in [5.41, 5.74) is 0.777. The SMILES string of the molecule is CC(O)[C@H]1CC[C@H]2[C@@H]3CC[C@H]4CC5(CC[C@@H]4[C@H]3CC[C@]12C)CO5. The summed E-state index contributed by atoms with van der Waals surface area (Å²) in [7, 11) is 0. The molecule has 2 unspecified atom stereocenters. The van der Waals surface area contributed by atoms with Gasteiger partial charge in [0.2, 0.25) is 0 Å². The van der Waals surface area contributed by atoms with Crippen LogP contribution in [0.1, 0.15) is 71.6 Å². The number of aliphatic hydroxyl groups is 1. The Bertz CT molecular complexity index is 482. The van der Waals surface area contributed by atoms with Crippen LogP contribution in [0.3, 0.4) is 0 Å². The van der Waals surface area contributed by atoms with Crippen molar-refractivity contribution < 1.29 is 9.84 Å². The Morgan fingerprint density at radius 3 is 2.48 bits per heavy atom. The predicted octanol–water partition coefficient (Wildman–Crippen LogP) is 4.41. The third kappa shape index (κ3) is 2.13. The molecule has 9 atom stereocenters. The third-order valence-electron chi connectivity index (χ3n) is 9.29. The lowest BCUT2D eigenvalue weighted by Crippen LogP contribution is -2.50. The lowest BCUT2D eigenvalue weighted by atomic mass is 9.49. The zero-order valence-corrected chi connectivity index (χ0v) is 15.0. The minimum Gasteiger partial charge on any atom is -0.393 e. The van der Waals surface area contributed by atoms with Gasteiger partial charge in [0.15, 0.2) is 0 Å². The summed E-state index contributed by atoms with van der Waals surface area (Å²) in [5.74, 6) is 5.38. The first-order valence-corrected chi connectivity index (χ1v) is 10.3. The van der Waals surface area contributed by atoms with E-state index in [1.165, 1.54) is 57.8 Å². The molecule has 0 bridgehead atoms. The van der Waals surface area contributed by atoms with Crippen LogP contribution in [-0.4, -0.2) is 23.4 Å². The van der Waals surface area contributed by atoms with Crippen molar-refractivity contribution in [2.75, 3.05) is 6.61 Å². The predicted molar refractivity (Wildman–Crippen MR) is 91.0 cm³/mol. The molecule has 23 heavy (non-hydrogen) atoms. The fraction of sp³-hybridized carbons (Fsp3) is 1.00. The van der Waals surface area contributed by atoms with Crippen LogP contribution in [0.2, 0.25) is 0 Å². The molecule has 0 aromatic carbocycles. The summed E-state index contributed by atoms with van der Waals surface area (Å²) in [4.78, 5) is 0. The summed E-state index contributed by atoms with van der Waals surface area (Å²) in [5, 5.41) is 10.3. The van der Waals surface area contributed by atoms with Gasteiger partial charge in [-0.05, 0) is 106 Å². The second kappa shape index (κ2) is 4.97. The molecule has 0 aromatic rings. The Morgan fingerprint density at radius 2 is 1.74 bits per heavy atom. The van der Waals surface area contributed by atoms with Crippen LogP contribution >= 0.6 is 0 Å². The van der Waals surface area contributed by atoms with Crippen molar-refractivity contribution in [1.82, 2.24) is 0 Å². The van der Waals surface area contributed by atoms with Gasteiger partial charge in [-0.2, -0.15) is 0 Å². The molecule has 5 fully saturated rings. The van der Waals surface area contributed by atoms with E-state index in [-0.39, 0.29) is 6.10 Å². The second-order valence-electron chi connectivity index (χ2n) is 10.1. The molecule has 4 aliphatic carbocycles. The molecule has 130 valence electrons. The van der Waals surface area contributed by atoms with Gasteiger partial charge in [-0.15, -0.1) is 0 Å². The molecule has 2 heteroatoms. The van der Waals surface area contributed by atoms with E-state index in [0.29, 0.717) is 16.9 Å². The van der Waals surface area contributed by atoms with Crippen LogP contribution in [-0.2, 0) is 4.74 Å². The maximum Gasteiger partial charge on any atom is 0.0919 e. The Balaban J connectivity index is 1.37. The molecule has 1 saturated heterocycles. The average molecular weight is 319 g/mol. The van der Waals surface area contributed by atoms with E-state index in [1.807, 2.05) is 6.92 Å². The Hall–Kier alpha value is -0.0800. The highest BCUT2D eigenvalue weighted by molar-refractivity contribution is 5.09. The summed E-state index contributed by atoms with van der Waals surface area (Å²) in [6.45, 7) is 5.62. The molecule has 2 nitrogen and oxygen atoms in total. The number of ether oxygens (including phenoxy) is 1. The zero-order chi connectivity index (χ0) is 15.8. The quantitative estimate of drug-likeness (QED) is 0.727. The van der Waals surface area contributed by atoms with Crippen molar-refractivity contribution in [3.8, 4) is 0 Å². The van der Waals surface area contributed by atoms with Crippen molar-refractivity contribution in [2.45, 2.75) is 83.3 Å². The number of aliphatic hydroxyl groups excluding tert-OH is 1. The highest BCUT2D eigenvalue weighted by Gasteiger charge is 2.59. The lowest BCUT2D eigenvalue weighted by Gasteiger charge is -2.56. The van der Waals surface area contributed by atoms with E-state index >= 15 is 0 Å². The molecule has 1 heterocycles. The lowest BCUT2D eigenvalue weighted by molar-refractivity contribution is -0.0837. The largest absolute Gasteiger partial charge is 0.393 e. The van der Waals surface area contributed by atoms with E-state index in [4.69, 9.17) is 4.74 Å². The maximum atomic E-state index is 10.3. The van der Waals surface area contributed by atoms with Crippen LogP contribution in [0.5, 0.6) is 0 Å². The summed E-state index contributed by atoms with van der Waals surface area (Å²) in [6.07, 6.45) is 12.4. The minimum atomic E-state index is -0.112. The molecule has 0 amide bonds. The van der Waals surface area contributed by atoms with Gasteiger partial charge < -0.3 is 9.84 Å². The first-order valence-electron chi connectivity index (χ1n) is 10.3. The van der Waals surface area contributed by atoms with Gasteiger partial charge in [-0.3, -0.25) is 0 Å². The number of rotatable bonds is 1. The van der Waals surface area contributed by atoms with Crippen molar-refractivity contribution in [1.29, 1.82) is 0 Å². The molecule has 5 aliphatic rings. The monoisotopic (exact) mass is 318 g/mol. The zero-order valence-electron chi connectivity index (χ0n) is 15.0. The first-order chi connectivity index (χ1) is 11.0. The van der Waals surface area contributed by atoms with E-state index < -0.39 is 0 Å². The van der Waals surface area contributed by atoms with Crippen LogP contribution < -0.4 is 0 Å². The van der Waals surface area contributed by atoms with E-state index in [0.717, 1.165) is 36.2 Å². The molecular weight excluding hydrogens is 284 g/mol. The summed E-state index contributed by atoms with van der Waals surface area (Å²) < 4.78 is 5.82. The number of hydrogen-bond acceptors (Lipinski definition) is 2. The standard InChI is InChI=1S/C21H34O2/c1-13(22)18-5-6-19-17-4-3-14-11-21(12-23-21)10-8-15(14)16(17)7-9-20(18,19)2/h13-19,22H,3-12H2,1-2H3/t13?,14-,15-,16+,17+,18+,19-,20+,21?/m0/s1. The second-order valence-corrected chi connectivity index (χ2v) is 10.1. The summed E-state index contributed by atoms with van der Waals surface area (Å²) in [6, 6.07) is 0. The topological polar surface area (TPSA) is 32.8 Å². The number of fused-ring (bicyclic) bond motifs is 5. The fourth-order valence-corrected chi connectivity index (χ4v) is 8.14. The van der Waals surface area contributed by atoms with Crippen LogP contribution in [0, 0.1) is 40.9 Å². The molecule has 0 radical (unpaired) electrons. The molecule has 1 N–H and O–H groups in total. The fourth-order valence-electron chi connectivity index (χ4n) is 8.14. The highest BCUT2D eigenvalue weighted by atomic mass is 16.6. The normalized spacial score (nSPS) is 59.1. The Morgan fingerprint density at radius 1 is 0.957 bits per heavy atom. The van der Waals surface area contributed by atoms with Gasteiger partial charge in [-0.1, -0.05) is 6.92 Å². The van der Waals surface area contributed by atoms with Gasteiger partial charge in [-0.25, -0.2) is 0 Å². The number of epoxide rings is 1. The molecule has 0 aromatic heterocycles. The molecule has 4 saturated carbocycles. The molecule has 1 spiro atoms. The molecule has 1 aliphatic heterocycles. The van der Waals surface area contributed by atoms with Gasteiger partial charge in [0.25, 0.3) is 0 Å². The van der Waals surface area contributed by atoms with Crippen molar-refractivity contribution >= 4 is 0 Å². The van der Waals surface area contributed by atoms with Crippen LogP contribution in [0.15, 0.2) is 0 Å². The van der Waals surface area contributed by atoms with E-state index in [2.05, 4.69) is 6.92 Å².